The fourth-order valence-electron chi connectivity index (χ4n) is 2.22. The van der Waals surface area contributed by atoms with Gasteiger partial charge in [-0.1, -0.05) is 24.3 Å². The van der Waals surface area contributed by atoms with Crippen LogP contribution in [0, 0.1) is 10.1 Å². The molecule has 0 unspecified atom stereocenters. The van der Waals surface area contributed by atoms with Crippen molar-refractivity contribution < 1.29 is 9.66 Å². The number of hydrogen-bond donors (Lipinski definition) is 2. The van der Waals surface area contributed by atoms with Crippen LogP contribution < -0.4 is 15.4 Å². The monoisotopic (exact) mass is 365 g/mol. The molecule has 0 saturated carbocycles. The number of nitro groups is 1. The molecule has 0 aromatic heterocycles. The topological polar surface area (TPSA) is 76.4 Å². The smallest absolute Gasteiger partial charge is 0.271 e. The summed E-state index contributed by atoms with van der Waals surface area (Å²) in [5.74, 6) is 1.47. The Labute approximate surface area is 155 Å². The molecule has 26 heavy (non-hydrogen) atoms. The van der Waals surface area contributed by atoms with Crippen molar-refractivity contribution in [2.75, 3.05) is 10.6 Å². The quantitative estimate of drug-likeness (QED) is 0.368. The Kier molecular flexibility index (Phi) is 5.40. The number of ether oxygens (including phenoxy) is 1. The molecule has 0 heterocycles. The van der Waals surface area contributed by atoms with E-state index in [2.05, 4.69) is 10.6 Å². The van der Waals surface area contributed by atoms with Crippen molar-refractivity contribution in [3.8, 4) is 11.5 Å². The summed E-state index contributed by atoms with van der Waals surface area (Å²) in [6.07, 6.45) is 0. The third-order valence-corrected chi connectivity index (χ3v) is 3.61. The summed E-state index contributed by atoms with van der Waals surface area (Å²) >= 11 is 5.24. The molecule has 0 aliphatic carbocycles. The number of thiocarbonyl (C=S) groups is 1. The summed E-state index contributed by atoms with van der Waals surface area (Å²) in [5, 5.41) is 17.1. The second-order valence-corrected chi connectivity index (χ2v) is 5.73. The number of anilines is 2. The van der Waals surface area contributed by atoms with Crippen molar-refractivity contribution in [2.45, 2.75) is 0 Å². The Bertz CT molecular complexity index is 915. The standard InChI is InChI=1S/C19H15N3O3S/c23-22(24)16-6-4-5-15(13-16)21-19(26)20-14-9-11-18(12-10-14)25-17-7-2-1-3-8-17/h1-13H,(H2,20,21,26). The van der Waals surface area contributed by atoms with Gasteiger partial charge in [0.15, 0.2) is 5.11 Å². The highest BCUT2D eigenvalue weighted by Gasteiger charge is 2.07. The minimum absolute atomic E-state index is 0.000198. The number of nitrogens with zero attached hydrogens (tertiary/aromatic N) is 1. The van der Waals surface area contributed by atoms with Gasteiger partial charge < -0.3 is 15.4 Å². The lowest BCUT2D eigenvalue weighted by Gasteiger charge is -2.11. The molecule has 0 atom stereocenters. The van der Waals surface area contributed by atoms with E-state index in [1.165, 1.54) is 12.1 Å². The lowest BCUT2D eigenvalue weighted by atomic mass is 10.3. The zero-order chi connectivity index (χ0) is 18.4. The molecule has 0 aliphatic rings. The Balaban J connectivity index is 1.59. The largest absolute Gasteiger partial charge is 0.457 e. The second kappa shape index (κ2) is 8.09. The van der Waals surface area contributed by atoms with Crippen LogP contribution in [0.3, 0.4) is 0 Å². The van der Waals surface area contributed by atoms with Crippen LogP contribution in [-0.2, 0) is 0 Å². The molecule has 3 rings (SSSR count). The SMILES string of the molecule is O=[N+]([O-])c1cccc(NC(=S)Nc2ccc(Oc3ccccc3)cc2)c1. The van der Waals surface area contributed by atoms with Crippen LogP contribution in [-0.4, -0.2) is 10.0 Å². The van der Waals surface area contributed by atoms with E-state index in [-0.39, 0.29) is 5.69 Å². The van der Waals surface area contributed by atoms with Gasteiger partial charge in [0.05, 0.1) is 4.92 Å². The van der Waals surface area contributed by atoms with Crippen LogP contribution in [0.15, 0.2) is 78.9 Å². The molecular weight excluding hydrogens is 350 g/mol. The van der Waals surface area contributed by atoms with Gasteiger partial charge in [0.2, 0.25) is 0 Å². The van der Waals surface area contributed by atoms with Gasteiger partial charge in [-0.15, -0.1) is 0 Å². The second-order valence-electron chi connectivity index (χ2n) is 5.33. The van der Waals surface area contributed by atoms with E-state index in [0.29, 0.717) is 16.5 Å². The van der Waals surface area contributed by atoms with Crippen LogP contribution in [0.1, 0.15) is 0 Å². The van der Waals surface area contributed by atoms with Crippen LogP contribution >= 0.6 is 12.2 Å². The zero-order valence-electron chi connectivity index (χ0n) is 13.6. The summed E-state index contributed by atoms with van der Waals surface area (Å²) in [7, 11) is 0. The van der Waals surface area contributed by atoms with Crippen molar-refractivity contribution in [3.05, 3.63) is 89.0 Å². The van der Waals surface area contributed by atoms with E-state index in [9.17, 15) is 10.1 Å². The van der Waals surface area contributed by atoms with E-state index >= 15 is 0 Å². The van der Waals surface area contributed by atoms with Gasteiger partial charge in [0, 0.05) is 23.5 Å². The summed E-state index contributed by atoms with van der Waals surface area (Å²) < 4.78 is 5.73. The molecule has 3 aromatic rings. The maximum absolute atomic E-state index is 10.8. The molecule has 0 fully saturated rings. The third kappa shape index (κ3) is 4.78. The van der Waals surface area contributed by atoms with Gasteiger partial charge in [-0.25, -0.2) is 0 Å². The molecule has 0 amide bonds. The fraction of sp³-hybridized carbons (Fsp3) is 0. The zero-order valence-corrected chi connectivity index (χ0v) is 14.4. The predicted molar refractivity (Wildman–Crippen MR) is 106 cm³/mol. The molecule has 0 radical (unpaired) electrons. The number of nitro benzene ring substituents is 1. The van der Waals surface area contributed by atoms with Crippen LogP contribution in [0.4, 0.5) is 17.1 Å². The Morgan fingerprint density at radius 1 is 0.846 bits per heavy atom. The molecule has 0 spiro atoms. The average Bonchev–Trinajstić information content (AvgIpc) is 2.64. The molecule has 2 N–H and O–H groups in total. The minimum Gasteiger partial charge on any atom is -0.457 e. The molecule has 7 heteroatoms. The lowest BCUT2D eigenvalue weighted by Crippen LogP contribution is -2.19. The maximum Gasteiger partial charge on any atom is 0.271 e. The Morgan fingerprint density at radius 3 is 2.19 bits per heavy atom. The van der Waals surface area contributed by atoms with Gasteiger partial charge in [0.25, 0.3) is 5.69 Å². The minimum atomic E-state index is -0.451. The summed E-state index contributed by atoms with van der Waals surface area (Å²) in [5.41, 5.74) is 1.31. The highest BCUT2D eigenvalue weighted by Crippen LogP contribution is 2.23. The Hall–Kier alpha value is -3.45. The highest BCUT2D eigenvalue weighted by molar-refractivity contribution is 7.80. The van der Waals surface area contributed by atoms with Gasteiger partial charge in [-0.3, -0.25) is 10.1 Å². The van der Waals surface area contributed by atoms with Crippen LogP contribution in [0.25, 0.3) is 0 Å². The van der Waals surface area contributed by atoms with Crippen molar-refractivity contribution in [1.29, 1.82) is 0 Å². The number of hydrogen-bond acceptors (Lipinski definition) is 4. The van der Waals surface area contributed by atoms with E-state index in [1.807, 2.05) is 54.6 Å². The van der Waals surface area contributed by atoms with Crippen molar-refractivity contribution in [3.63, 3.8) is 0 Å². The van der Waals surface area contributed by atoms with Crippen molar-refractivity contribution in [2.24, 2.45) is 0 Å². The van der Waals surface area contributed by atoms with Crippen LogP contribution in [0.5, 0.6) is 11.5 Å². The fourth-order valence-corrected chi connectivity index (χ4v) is 2.46. The molecular formula is C19H15N3O3S. The van der Waals surface area contributed by atoms with E-state index in [0.717, 1.165) is 11.4 Å². The molecule has 6 nitrogen and oxygen atoms in total. The summed E-state index contributed by atoms with van der Waals surface area (Å²) in [4.78, 5) is 10.4. The van der Waals surface area contributed by atoms with E-state index < -0.39 is 4.92 Å². The molecule has 130 valence electrons. The first kappa shape index (κ1) is 17.4. The molecule has 0 aliphatic heterocycles. The van der Waals surface area contributed by atoms with Gasteiger partial charge in [0.1, 0.15) is 11.5 Å². The molecule has 0 bridgehead atoms. The van der Waals surface area contributed by atoms with Gasteiger partial charge in [-0.05, 0) is 54.7 Å². The van der Waals surface area contributed by atoms with E-state index in [1.54, 1.807) is 12.1 Å². The van der Waals surface area contributed by atoms with Gasteiger partial charge >= 0.3 is 0 Å². The highest BCUT2D eigenvalue weighted by atomic mass is 32.1. The third-order valence-electron chi connectivity index (χ3n) is 3.41. The first-order valence-corrected chi connectivity index (χ1v) is 8.16. The number of benzene rings is 3. The number of nitrogens with one attached hydrogen (secondary N) is 2. The van der Waals surface area contributed by atoms with Crippen molar-refractivity contribution >= 4 is 34.4 Å². The van der Waals surface area contributed by atoms with Crippen LogP contribution in [0.2, 0.25) is 0 Å². The first-order chi connectivity index (χ1) is 12.6. The first-order valence-electron chi connectivity index (χ1n) is 7.75. The van der Waals surface area contributed by atoms with E-state index in [4.69, 9.17) is 17.0 Å². The summed E-state index contributed by atoms with van der Waals surface area (Å²) in [6.45, 7) is 0. The predicted octanol–water partition coefficient (Wildman–Crippen LogP) is 5.20. The van der Waals surface area contributed by atoms with Gasteiger partial charge in [-0.2, -0.15) is 0 Å². The lowest BCUT2D eigenvalue weighted by molar-refractivity contribution is -0.384. The molecule has 3 aromatic carbocycles. The normalized spacial score (nSPS) is 10.0. The number of non-ortho nitro benzene ring substituents is 1. The Morgan fingerprint density at radius 2 is 1.50 bits per heavy atom. The number of para-hydroxylation sites is 1. The summed E-state index contributed by atoms with van der Waals surface area (Å²) in [6, 6.07) is 23.0. The average molecular weight is 365 g/mol. The molecule has 0 saturated heterocycles. The van der Waals surface area contributed by atoms with Crippen molar-refractivity contribution in [1.82, 2.24) is 0 Å². The number of rotatable bonds is 5. The maximum atomic E-state index is 10.8.